The smallest absolute Gasteiger partial charge is 0.347 e. The lowest BCUT2D eigenvalue weighted by molar-refractivity contribution is 0.0643. The van der Waals surface area contributed by atoms with Crippen LogP contribution >= 0.6 is 11.3 Å². The number of rotatable bonds is 3. The molecule has 5 nitrogen and oxygen atoms in total. The lowest BCUT2D eigenvalue weighted by Crippen LogP contribution is -2.53. The highest BCUT2D eigenvalue weighted by molar-refractivity contribution is 7.17. The lowest BCUT2D eigenvalue weighted by atomic mass is 10.0. The summed E-state index contributed by atoms with van der Waals surface area (Å²) in [6, 6.07) is 0. The molecular formula is C12H18N2O3S. The molecular weight excluding hydrogens is 252 g/mol. The third-order valence-corrected chi connectivity index (χ3v) is 4.20. The summed E-state index contributed by atoms with van der Waals surface area (Å²) >= 11 is 1.26. The molecule has 0 unspecified atom stereocenters. The molecule has 0 aliphatic carbocycles. The average Bonchev–Trinajstić information content (AvgIpc) is 2.72. The number of carboxylic acid groups (broad SMARTS) is 1. The van der Waals surface area contributed by atoms with E-state index in [4.69, 9.17) is 9.84 Å². The topological polar surface area (TPSA) is 62.7 Å². The Bertz CT molecular complexity index is 456. The summed E-state index contributed by atoms with van der Waals surface area (Å²) in [5.74, 6) is -0.887. The monoisotopic (exact) mass is 270 g/mol. The summed E-state index contributed by atoms with van der Waals surface area (Å²) < 4.78 is 5.47. The van der Waals surface area contributed by atoms with E-state index in [0.717, 1.165) is 11.7 Å². The quantitative estimate of drug-likeness (QED) is 0.910. The Hall–Kier alpha value is -1.14. The Kier molecular flexibility index (Phi) is 3.59. The fourth-order valence-corrected chi connectivity index (χ4v) is 3.26. The molecule has 0 atom stereocenters. The second kappa shape index (κ2) is 4.85. The Morgan fingerprint density at radius 1 is 1.61 bits per heavy atom. The third kappa shape index (κ3) is 2.35. The molecule has 1 saturated heterocycles. The molecule has 0 bridgehead atoms. The minimum absolute atomic E-state index is 0.142. The summed E-state index contributed by atoms with van der Waals surface area (Å²) in [6.07, 6.45) is 0.642. The normalized spacial score (nSPS) is 18.9. The van der Waals surface area contributed by atoms with Crippen molar-refractivity contribution in [1.29, 1.82) is 0 Å². The van der Waals surface area contributed by atoms with Gasteiger partial charge in [-0.15, -0.1) is 0 Å². The van der Waals surface area contributed by atoms with Crippen LogP contribution in [-0.2, 0) is 11.2 Å². The molecule has 0 spiro atoms. The van der Waals surface area contributed by atoms with Crippen molar-refractivity contribution in [3.63, 3.8) is 0 Å². The van der Waals surface area contributed by atoms with Crippen molar-refractivity contribution in [3.05, 3.63) is 10.6 Å². The minimum Gasteiger partial charge on any atom is -0.477 e. The number of thiazole rings is 1. The Labute approximate surface area is 110 Å². The van der Waals surface area contributed by atoms with Crippen molar-refractivity contribution >= 4 is 22.4 Å². The summed E-state index contributed by atoms with van der Waals surface area (Å²) in [4.78, 5) is 18.1. The molecule has 2 rings (SSSR count). The highest BCUT2D eigenvalue weighted by Crippen LogP contribution is 2.32. The summed E-state index contributed by atoms with van der Waals surface area (Å²) in [5, 5.41) is 9.96. The van der Waals surface area contributed by atoms with Crippen LogP contribution in [0.3, 0.4) is 0 Å². The zero-order valence-electron chi connectivity index (χ0n) is 10.9. The van der Waals surface area contributed by atoms with Crippen LogP contribution in [0, 0.1) is 0 Å². The van der Waals surface area contributed by atoms with Crippen LogP contribution in [0.15, 0.2) is 0 Å². The predicted molar refractivity (Wildman–Crippen MR) is 70.7 cm³/mol. The van der Waals surface area contributed by atoms with Gasteiger partial charge < -0.3 is 14.7 Å². The molecule has 1 aromatic heterocycles. The number of carboxylic acids is 1. The standard InChI is InChI=1S/C12H18N2O3S/c1-4-8-9(10(15)16)18-11(13-8)14-5-6-17-7-12(14,2)3/h4-7H2,1-3H3,(H,15,16). The predicted octanol–water partition coefficient (Wildman–Crippen LogP) is 2.02. The van der Waals surface area contributed by atoms with E-state index in [-0.39, 0.29) is 5.54 Å². The zero-order chi connectivity index (χ0) is 13.3. The van der Waals surface area contributed by atoms with E-state index in [2.05, 4.69) is 23.7 Å². The molecule has 0 aromatic carbocycles. The molecule has 1 N–H and O–H groups in total. The van der Waals surface area contributed by atoms with Gasteiger partial charge in [-0.05, 0) is 20.3 Å². The Morgan fingerprint density at radius 2 is 2.33 bits per heavy atom. The SMILES string of the molecule is CCc1nc(N2CCOCC2(C)C)sc1C(=O)O. The van der Waals surface area contributed by atoms with Gasteiger partial charge in [0.25, 0.3) is 0 Å². The first kappa shape index (κ1) is 13.3. The van der Waals surface area contributed by atoms with Crippen LogP contribution in [0.5, 0.6) is 0 Å². The van der Waals surface area contributed by atoms with Crippen LogP contribution in [0.25, 0.3) is 0 Å². The number of ether oxygens (including phenoxy) is 1. The van der Waals surface area contributed by atoms with Crippen molar-refractivity contribution < 1.29 is 14.6 Å². The van der Waals surface area contributed by atoms with Gasteiger partial charge in [0.2, 0.25) is 0 Å². The second-order valence-corrected chi connectivity index (χ2v) is 5.93. The number of nitrogens with zero attached hydrogens (tertiary/aromatic N) is 2. The number of aromatic nitrogens is 1. The van der Waals surface area contributed by atoms with E-state index in [9.17, 15) is 4.79 Å². The number of hydrogen-bond acceptors (Lipinski definition) is 5. The van der Waals surface area contributed by atoms with E-state index < -0.39 is 5.97 Å². The van der Waals surface area contributed by atoms with Crippen LogP contribution < -0.4 is 4.90 Å². The Balaban J connectivity index is 2.35. The molecule has 1 aromatic rings. The maximum absolute atomic E-state index is 11.2. The summed E-state index contributed by atoms with van der Waals surface area (Å²) in [5.41, 5.74) is 0.529. The van der Waals surface area contributed by atoms with Crippen LogP contribution in [0.2, 0.25) is 0 Å². The molecule has 1 aliphatic rings. The highest BCUT2D eigenvalue weighted by Gasteiger charge is 2.33. The second-order valence-electron chi connectivity index (χ2n) is 4.95. The van der Waals surface area contributed by atoms with E-state index in [0.29, 0.717) is 30.2 Å². The first-order valence-electron chi connectivity index (χ1n) is 6.04. The van der Waals surface area contributed by atoms with Gasteiger partial charge in [-0.1, -0.05) is 18.3 Å². The van der Waals surface area contributed by atoms with Crippen LogP contribution in [-0.4, -0.2) is 41.4 Å². The maximum atomic E-state index is 11.2. The number of aryl methyl sites for hydroxylation is 1. The maximum Gasteiger partial charge on any atom is 0.347 e. The van der Waals surface area contributed by atoms with Gasteiger partial charge in [0.15, 0.2) is 5.13 Å². The number of aromatic carboxylic acids is 1. The molecule has 0 saturated carbocycles. The highest BCUT2D eigenvalue weighted by atomic mass is 32.1. The van der Waals surface area contributed by atoms with Crippen LogP contribution in [0.4, 0.5) is 5.13 Å². The van der Waals surface area contributed by atoms with E-state index in [1.807, 2.05) is 6.92 Å². The largest absolute Gasteiger partial charge is 0.477 e. The zero-order valence-corrected chi connectivity index (χ0v) is 11.7. The van der Waals surface area contributed by atoms with Crippen molar-refractivity contribution in [1.82, 2.24) is 4.98 Å². The molecule has 1 fully saturated rings. The van der Waals surface area contributed by atoms with Crippen molar-refractivity contribution in [3.8, 4) is 0 Å². The van der Waals surface area contributed by atoms with Gasteiger partial charge in [-0.3, -0.25) is 0 Å². The fourth-order valence-electron chi connectivity index (χ4n) is 2.07. The molecule has 1 aliphatic heterocycles. The van der Waals surface area contributed by atoms with Gasteiger partial charge in [-0.25, -0.2) is 9.78 Å². The molecule has 0 amide bonds. The molecule has 2 heterocycles. The van der Waals surface area contributed by atoms with E-state index >= 15 is 0 Å². The third-order valence-electron chi connectivity index (χ3n) is 3.09. The van der Waals surface area contributed by atoms with Crippen LogP contribution in [0.1, 0.15) is 36.1 Å². The van der Waals surface area contributed by atoms with Crippen molar-refractivity contribution in [2.45, 2.75) is 32.7 Å². The molecule has 6 heteroatoms. The molecule has 100 valence electrons. The first-order valence-corrected chi connectivity index (χ1v) is 6.85. The number of hydrogen-bond donors (Lipinski definition) is 1. The van der Waals surface area contributed by atoms with Crippen molar-refractivity contribution in [2.24, 2.45) is 0 Å². The first-order chi connectivity index (χ1) is 8.45. The molecule has 18 heavy (non-hydrogen) atoms. The van der Waals surface area contributed by atoms with Gasteiger partial charge in [0.1, 0.15) is 4.88 Å². The summed E-state index contributed by atoms with van der Waals surface area (Å²) in [6.45, 7) is 8.14. The van der Waals surface area contributed by atoms with Gasteiger partial charge in [-0.2, -0.15) is 0 Å². The van der Waals surface area contributed by atoms with Gasteiger partial charge >= 0.3 is 5.97 Å². The van der Waals surface area contributed by atoms with E-state index in [1.165, 1.54) is 11.3 Å². The Morgan fingerprint density at radius 3 is 2.83 bits per heavy atom. The number of morpholine rings is 1. The lowest BCUT2D eigenvalue weighted by Gasteiger charge is -2.42. The molecule has 0 radical (unpaired) electrons. The van der Waals surface area contributed by atoms with Crippen molar-refractivity contribution in [2.75, 3.05) is 24.7 Å². The number of anilines is 1. The number of carbonyl (C=O) groups is 1. The minimum atomic E-state index is -0.887. The fraction of sp³-hybridized carbons (Fsp3) is 0.667. The van der Waals surface area contributed by atoms with E-state index in [1.54, 1.807) is 0 Å². The summed E-state index contributed by atoms with van der Waals surface area (Å²) in [7, 11) is 0. The average molecular weight is 270 g/mol. The van der Waals surface area contributed by atoms with Gasteiger partial charge in [0.05, 0.1) is 24.4 Å². The van der Waals surface area contributed by atoms with Gasteiger partial charge in [0, 0.05) is 6.54 Å².